The van der Waals surface area contributed by atoms with Gasteiger partial charge in [0.15, 0.2) is 9.84 Å². The number of hydrogen-bond donors (Lipinski definition) is 2. The normalized spacial score (nSPS) is 9.89. The summed E-state index contributed by atoms with van der Waals surface area (Å²) in [5.74, 6) is 0.624. The van der Waals surface area contributed by atoms with Crippen LogP contribution in [0.5, 0.6) is 0 Å². The maximum Gasteiger partial charge on any atom is 0.404 e. The highest BCUT2D eigenvalue weighted by Gasteiger charge is 2.02. The molecule has 0 aliphatic heterocycles. The molecule has 0 aromatic heterocycles. The molecular weight excluding hydrogens is 284 g/mol. The Hall–Kier alpha value is -1.16. The smallest absolute Gasteiger partial charge is 0.404 e. The van der Waals surface area contributed by atoms with Crippen LogP contribution >= 0.6 is 11.8 Å². The lowest BCUT2D eigenvalue weighted by atomic mass is 10.8. The van der Waals surface area contributed by atoms with Crippen LogP contribution in [0.25, 0.3) is 0 Å². The van der Waals surface area contributed by atoms with Gasteiger partial charge in [-0.25, -0.2) is 18.0 Å². The van der Waals surface area contributed by atoms with E-state index in [2.05, 4.69) is 20.9 Å². The molecule has 2 amide bonds. The van der Waals surface area contributed by atoms with Crippen LogP contribution in [0, 0.1) is 0 Å². The lowest BCUT2D eigenvalue weighted by molar-refractivity contribution is 0.163. The zero-order valence-electron chi connectivity index (χ0n) is 10.2. The van der Waals surface area contributed by atoms with Crippen LogP contribution in [0.3, 0.4) is 0 Å². The monoisotopic (exact) mass is 302 g/mol. The minimum absolute atomic E-state index is 0.172. The Bertz CT molecular complexity index is 343. The summed E-state index contributed by atoms with van der Waals surface area (Å²) in [5, 5.41) is 0. The van der Waals surface area contributed by atoms with E-state index in [4.69, 9.17) is 0 Å². The predicted octanol–water partition coefficient (Wildman–Crippen LogP) is -0.429. The molecule has 0 rings (SSSR count). The summed E-state index contributed by atoms with van der Waals surface area (Å²) in [6.07, 6.45) is 1.34. The van der Waals surface area contributed by atoms with Crippen LogP contribution in [-0.4, -0.2) is 57.8 Å². The standard InChI is InChI=1S/C4H9NO4S.C4H9NO2S/c1-10(7,8)3-2-9-4(5)6;1-8-3-2-7-4(5)6/h2-3H2,1H3,(H2,5,6);2-3H2,1H3,(H2,5,6). The van der Waals surface area contributed by atoms with Gasteiger partial charge in [-0.05, 0) is 6.26 Å². The fourth-order valence-electron chi connectivity index (χ4n) is 0.519. The maximum absolute atomic E-state index is 10.4. The molecule has 0 fully saturated rings. The van der Waals surface area contributed by atoms with Crippen molar-refractivity contribution in [3.63, 3.8) is 0 Å². The summed E-state index contributed by atoms with van der Waals surface area (Å²) in [5.41, 5.74) is 9.23. The average molecular weight is 302 g/mol. The van der Waals surface area contributed by atoms with E-state index in [9.17, 15) is 18.0 Å². The summed E-state index contributed by atoms with van der Waals surface area (Å²) in [6.45, 7) is 0.241. The van der Waals surface area contributed by atoms with Gasteiger partial charge in [-0.1, -0.05) is 0 Å². The minimum Gasteiger partial charge on any atom is -0.449 e. The Balaban J connectivity index is 0. The molecule has 0 aromatic carbocycles. The van der Waals surface area contributed by atoms with Crippen molar-refractivity contribution in [2.75, 3.05) is 37.2 Å². The Morgan fingerprint density at radius 3 is 1.89 bits per heavy atom. The van der Waals surface area contributed by atoms with Crippen LogP contribution in [0.15, 0.2) is 0 Å². The Kier molecular flexibility index (Phi) is 11.7. The van der Waals surface area contributed by atoms with Gasteiger partial charge in [0.2, 0.25) is 0 Å². The zero-order valence-corrected chi connectivity index (χ0v) is 11.9. The average Bonchev–Trinajstić information content (AvgIpc) is 2.15. The second-order valence-corrected chi connectivity index (χ2v) is 6.20. The predicted molar refractivity (Wildman–Crippen MR) is 69.2 cm³/mol. The molecular formula is C8H18N2O6S2. The van der Waals surface area contributed by atoms with Crippen molar-refractivity contribution in [3.05, 3.63) is 0 Å². The summed E-state index contributed by atoms with van der Waals surface area (Å²) >= 11 is 1.61. The second kappa shape index (κ2) is 11.0. The lowest BCUT2D eigenvalue weighted by Crippen LogP contribution is -2.18. The fourth-order valence-corrected chi connectivity index (χ4v) is 1.16. The van der Waals surface area contributed by atoms with Gasteiger partial charge in [0, 0.05) is 12.0 Å². The number of rotatable bonds is 6. The van der Waals surface area contributed by atoms with Gasteiger partial charge in [0.05, 0.1) is 5.75 Å². The summed E-state index contributed by atoms with van der Waals surface area (Å²) in [4.78, 5) is 19.8. The van der Waals surface area contributed by atoms with Crippen molar-refractivity contribution >= 4 is 33.8 Å². The highest BCUT2D eigenvalue weighted by atomic mass is 32.2. The molecule has 0 aromatic rings. The third kappa shape index (κ3) is 24.2. The minimum atomic E-state index is -3.05. The van der Waals surface area contributed by atoms with E-state index in [0.29, 0.717) is 6.61 Å². The number of nitrogens with two attached hydrogens (primary N) is 2. The molecule has 0 atom stereocenters. The van der Waals surface area contributed by atoms with Crippen molar-refractivity contribution in [2.45, 2.75) is 0 Å². The van der Waals surface area contributed by atoms with E-state index in [1.807, 2.05) is 6.26 Å². The van der Waals surface area contributed by atoms with Gasteiger partial charge in [0.25, 0.3) is 0 Å². The van der Waals surface area contributed by atoms with Crippen molar-refractivity contribution < 1.29 is 27.5 Å². The van der Waals surface area contributed by atoms with Gasteiger partial charge in [0.1, 0.15) is 13.2 Å². The molecule has 0 bridgehead atoms. The van der Waals surface area contributed by atoms with E-state index in [-0.39, 0.29) is 12.4 Å². The molecule has 0 aliphatic rings. The first-order valence-corrected chi connectivity index (χ1v) is 8.15. The van der Waals surface area contributed by atoms with Crippen LogP contribution in [0.1, 0.15) is 0 Å². The number of hydrogen-bond acceptors (Lipinski definition) is 7. The van der Waals surface area contributed by atoms with Gasteiger partial charge < -0.3 is 20.9 Å². The quantitative estimate of drug-likeness (QED) is 0.634. The summed E-state index contributed by atoms with van der Waals surface area (Å²) in [7, 11) is -3.05. The number of carbonyl (C=O) groups is 2. The van der Waals surface area contributed by atoms with Crippen molar-refractivity contribution in [2.24, 2.45) is 11.5 Å². The summed E-state index contributed by atoms with van der Waals surface area (Å²) in [6, 6.07) is 0. The second-order valence-electron chi connectivity index (χ2n) is 2.96. The number of amides is 2. The Labute approximate surface area is 110 Å². The molecule has 108 valence electrons. The third-order valence-electron chi connectivity index (χ3n) is 1.23. The van der Waals surface area contributed by atoms with Crippen LogP contribution < -0.4 is 11.5 Å². The van der Waals surface area contributed by atoms with E-state index >= 15 is 0 Å². The number of ether oxygens (including phenoxy) is 2. The molecule has 18 heavy (non-hydrogen) atoms. The van der Waals surface area contributed by atoms with Gasteiger partial charge in [-0.3, -0.25) is 0 Å². The molecule has 0 heterocycles. The fraction of sp³-hybridized carbons (Fsp3) is 0.750. The first kappa shape index (κ1) is 19.2. The molecule has 0 spiro atoms. The van der Waals surface area contributed by atoms with Gasteiger partial charge in [-0.15, -0.1) is 0 Å². The highest BCUT2D eigenvalue weighted by molar-refractivity contribution is 7.98. The number of carbonyl (C=O) groups excluding carboxylic acids is 2. The highest BCUT2D eigenvalue weighted by Crippen LogP contribution is 1.89. The number of sulfone groups is 1. The molecule has 0 unspecified atom stereocenters. The van der Waals surface area contributed by atoms with Crippen LogP contribution in [0.4, 0.5) is 9.59 Å². The van der Waals surface area contributed by atoms with Crippen molar-refractivity contribution in [1.82, 2.24) is 0 Å². The molecule has 8 nitrogen and oxygen atoms in total. The van der Waals surface area contributed by atoms with Gasteiger partial charge in [-0.2, -0.15) is 11.8 Å². The number of primary amides is 2. The molecule has 0 saturated heterocycles. The Morgan fingerprint density at radius 2 is 1.56 bits per heavy atom. The number of thioether (sulfide) groups is 1. The SMILES string of the molecule is CS(=O)(=O)CCOC(N)=O.CSCCOC(N)=O. The van der Waals surface area contributed by atoms with E-state index in [0.717, 1.165) is 12.0 Å². The Morgan fingerprint density at radius 1 is 1.11 bits per heavy atom. The van der Waals surface area contributed by atoms with Gasteiger partial charge >= 0.3 is 12.2 Å². The molecule has 0 saturated carbocycles. The van der Waals surface area contributed by atoms with E-state index in [1.165, 1.54) is 0 Å². The van der Waals surface area contributed by atoms with Crippen molar-refractivity contribution in [3.8, 4) is 0 Å². The third-order valence-corrected chi connectivity index (χ3v) is 2.71. The van der Waals surface area contributed by atoms with E-state index in [1.54, 1.807) is 11.8 Å². The molecule has 10 heteroatoms. The van der Waals surface area contributed by atoms with Crippen LogP contribution in [-0.2, 0) is 19.3 Å². The summed E-state index contributed by atoms with van der Waals surface area (Å²) < 4.78 is 29.3. The van der Waals surface area contributed by atoms with E-state index < -0.39 is 22.0 Å². The first-order chi connectivity index (χ1) is 8.19. The largest absolute Gasteiger partial charge is 0.449 e. The molecule has 4 N–H and O–H groups in total. The zero-order chi connectivity index (χ0) is 14.6. The van der Waals surface area contributed by atoms with Crippen molar-refractivity contribution in [1.29, 1.82) is 0 Å². The lowest BCUT2D eigenvalue weighted by Gasteiger charge is -1.97. The topological polar surface area (TPSA) is 139 Å². The molecule has 0 radical (unpaired) electrons. The molecule has 0 aliphatic carbocycles. The maximum atomic E-state index is 10.4. The first-order valence-electron chi connectivity index (χ1n) is 4.70. The van der Waals surface area contributed by atoms with Crippen LogP contribution in [0.2, 0.25) is 0 Å².